The predicted molar refractivity (Wildman–Crippen MR) is 62.1 cm³/mol. The molecule has 5 heteroatoms. The summed E-state index contributed by atoms with van der Waals surface area (Å²) in [4.78, 5) is 4.13. The third kappa shape index (κ3) is 4.61. The number of aromatic nitrogens is 1. The van der Waals surface area contributed by atoms with Gasteiger partial charge in [-0.3, -0.25) is 0 Å². The van der Waals surface area contributed by atoms with E-state index in [0.717, 1.165) is 25.3 Å². The standard InChI is InChI=1S/C9H14N4S/c10-9(14)13-7-3-6-12-8-4-1-2-5-11-8/h1-2,4-5H,3,6-7H2,(H,11,12)(H3,10,13,14). The number of rotatable bonds is 5. The minimum Gasteiger partial charge on any atom is -0.376 e. The van der Waals surface area contributed by atoms with E-state index in [0.29, 0.717) is 5.11 Å². The van der Waals surface area contributed by atoms with Crippen LogP contribution < -0.4 is 16.4 Å². The van der Waals surface area contributed by atoms with Crippen LogP contribution in [0.3, 0.4) is 0 Å². The van der Waals surface area contributed by atoms with Crippen molar-refractivity contribution in [1.82, 2.24) is 10.3 Å². The second-order valence-electron chi connectivity index (χ2n) is 2.79. The Balaban J connectivity index is 2.08. The number of nitrogens with zero attached hydrogens (tertiary/aromatic N) is 1. The summed E-state index contributed by atoms with van der Waals surface area (Å²) in [5, 5.41) is 6.41. The second-order valence-corrected chi connectivity index (χ2v) is 3.23. The van der Waals surface area contributed by atoms with Crippen LogP contribution in [0.5, 0.6) is 0 Å². The highest BCUT2D eigenvalue weighted by molar-refractivity contribution is 7.80. The lowest BCUT2D eigenvalue weighted by Gasteiger charge is -2.05. The molecule has 0 aromatic carbocycles. The van der Waals surface area contributed by atoms with Crippen molar-refractivity contribution in [3.05, 3.63) is 24.4 Å². The summed E-state index contributed by atoms with van der Waals surface area (Å²) in [5.74, 6) is 0.892. The Hall–Kier alpha value is -1.36. The fourth-order valence-electron chi connectivity index (χ4n) is 0.984. The summed E-state index contributed by atoms with van der Waals surface area (Å²) >= 11 is 4.67. The largest absolute Gasteiger partial charge is 0.376 e. The van der Waals surface area contributed by atoms with E-state index in [1.165, 1.54) is 0 Å². The SMILES string of the molecule is NC(=S)NCCCNc1ccccn1. The van der Waals surface area contributed by atoms with Crippen LogP contribution in [0.25, 0.3) is 0 Å². The summed E-state index contributed by atoms with van der Waals surface area (Å²) in [6.07, 6.45) is 2.71. The average molecular weight is 210 g/mol. The van der Waals surface area contributed by atoms with Crippen molar-refractivity contribution in [3.63, 3.8) is 0 Å². The predicted octanol–water partition coefficient (Wildman–Crippen LogP) is 0.717. The van der Waals surface area contributed by atoms with Crippen molar-refractivity contribution < 1.29 is 0 Å². The van der Waals surface area contributed by atoms with Gasteiger partial charge in [0, 0.05) is 19.3 Å². The summed E-state index contributed by atoms with van der Waals surface area (Å²) in [6.45, 7) is 1.64. The summed E-state index contributed by atoms with van der Waals surface area (Å²) < 4.78 is 0. The molecule has 0 amide bonds. The molecule has 4 N–H and O–H groups in total. The van der Waals surface area contributed by atoms with Crippen molar-refractivity contribution in [2.75, 3.05) is 18.4 Å². The Morgan fingerprint density at radius 2 is 2.29 bits per heavy atom. The van der Waals surface area contributed by atoms with E-state index in [1.54, 1.807) is 6.20 Å². The molecule has 0 radical (unpaired) electrons. The molecule has 0 saturated heterocycles. The average Bonchev–Trinajstić information content (AvgIpc) is 2.18. The number of hydrogen-bond acceptors (Lipinski definition) is 3. The third-order valence-corrected chi connectivity index (χ3v) is 1.77. The zero-order valence-corrected chi connectivity index (χ0v) is 8.68. The van der Waals surface area contributed by atoms with Crippen LogP contribution >= 0.6 is 12.2 Å². The van der Waals surface area contributed by atoms with Crippen molar-refractivity contribution in [1.29, 1.82) is 0 Å². The molecule has 1 heterocycles. The van der Waals surface area contributed by atoms with Gasteiger partial charge in [-0.15, -0.1) is 0 Å². The number of nitrogens with one attached hydrogen (secondary N) is 2. The smallest absolute Gasteiger partial charge is 0.163 e. The summed E-state index contributed by atoms with van der Waals surface area (Å²) in [6, 6.07) is 5.77. The van der Waals surface area contributed by atoms with Crippen LogP contribution in [-0.4, -0.2) is 23.2 Å². The zero-order chi connectivity index (χ0) is 10.2. The van der Waals surface area contributed by atoms with Crippen molar-refractivity contribution in [2.24, 2.45) is 5.73 Å². The molecule has 76 valence electrons. The van der Waals surface area contributed by atoms with Gasteiger partial charge >= 0.3 is 0 Å². The molecule has 1 rings (SSSR count). The Labute approximate surface area is 88.9 Å². The Kier molecular flexibility index (Phi) is 4.71. The molecule has 0 bridgehead atoms. The molecule has 0 spiro atoms. The lowest BCUT2D eigenvalue weighted by atomic mass is 10.4. The molecule has 14 heavy (non-hydrogen) atoms. The fourth-order valence-corrected chi connectivity index (χ4v) is 1.09. The first kappa shape index (κ1) is 10.7. The molecule has 4 nitrogen and oxygen atoms in total. The molecule has 0 unspecified atom stereocenters. The topological polar surface area (TPSA) is 63.0 Å². The molecule has 1 aromatic heterocycles. The maximum absolute atomic E-state index is 5.27. The third-order valence-electron chi connectivity index (χ3n) is 1.62. The number of anilines is 1. The number of thiocarbonyl (C=S) groups is 1. The molecule has 0 fully saturated rings. The Bertz CT molecular complexity index is 275. The van der Waals surface area contributed by atoms with Crippen LogP contribution in [0, 0.1) is 0 Å². The molecule has 1 aromatic rings. The maximum atomic E-state index is 5.27. The zero-order valence-electron chi connectivity index (χ0n) is 7.86. The number of nitrogens with two attached hydrogens (primary N) is 1. The molecule has 0 aliphatic rings. The lowest BCUT2D eigenvalue weighted by Crippen LogP contribution is -2.30. The molecular formula is C9H14N4S. The van der Waals surface area contributed by atoms with Gasteiger partial charge in [0.1, 0.15) is 5.82 Å². The monoisotopic (exact) mass is 210 g/mol. The van der Waals surface area contributed by atoms with Crippen LogP contribution in [0.4, 0.5) is 5.82 Å². The molecular weight excluding hydrogens is 196 g/mol. The van der Waals surface area contributed by atoms with Gasteiger partial charge in [-0.1, -0.05) is 6.07 Å². The van der Waals surface area contributed by atoms with Gasteiger partial charge < -0.3 is 16.4 Å². The van der Waals surface area contributed by atoms with Crippen molar-refractivity contribution in [2.45, 2.75) is 6.42 Å². The molecule has 0 atom stereocenters. The molecule has 0 aliphatic heterocycles. The van der Waals surface area contributed by atoms with E-state index in [9.17, 15) is 0 Å². The van der Waals surface area contributed by atoms with E-state index in [1.807, 2.05) is 18.2 Å². The summed E-state index contributed by atoms with van der Waals surface area (Å²) in [5.41, 5.74) is 5.27. The van der Waals surface area contributed by atoms with Gasteiger partial charge in [0.25, 0.3) is 0 Å². The van der Waals surface area contributed by atoms with E-state index >= 15 is 0 Å². The normalized spacial score (nSPS) is 9.43. The van der Waals surface area contributed by atoms with Gasteiger partial charge in [0.05, 0.1) is 0 Å². The molecule has 0 saturated carbocycles. The van der Waals surface area contributed by atoms with Crippen LogP contribution in [0.2, 0.25) is 0 Å². The van der Waals surface area contributed by atoms with Crippen LogP contribution in [0.1, 0.15) is 6.42 Å². The molecule has 0 aliphatic carbocycles. The first-order valence-electron chi connectivity index (χ1n) is 4.47. The van der Waals surface area contributed by atoms with E-state index < -0.39 is 0 Å². The van der Waals surface area contributed by atoms with E-state index in [2.05, 4.69) is 27.8 Å². The number of pyridine rings is 1. The first-order valence-corrected chi connectivity index (χ1v) is 4.88. The minimum atomic E-state index is 0.350. The van der Waals surface area contributed by atoms with Crippen molar-refractivity contribution >= 4 is 23.1 Å². The van der Waals surface area contributed by atoms with Crippen molar-refractivity contribution in [3.8, 4) is 0 Å². The van der Waals surface area contributed by atoms with Gasteiger partial charge in [-0.25, -0.2) is 4.98 Å². The van der Waals surface area contributed by atoms with E-state index in [-0.39, 0.29) is 0 Å². The van der Waals surface area contributed by atoms with Gasteiger partial charge in [-0.2, -0.15) is 0 Å². The van der Waals surface area contributed by atoms with E-state index in [4.69, 9.17) is 5.73 Å². The fraction of sp³-hybridized carbons (Fsp3) is 0.333. The van der Waals surface area contributed by atoms with Crippen LogP contribution in [0.15, 0.2) is 24.4 Å². The van der Waals surface area contributed by atoms with Gasteiger partial charge in [0.2, 0.25) is 0 Å². The number of hydrogen-bond donors (Lipinski definition) is 3. The highest BCUT2D eigenvalue weighted by Gasteiger charge is 1.91. The Morgan fingerprint density at radius 3 is 2.93 bits per heavy atom. The highest BCUT2D eigenvalue weighted by atomic mass is 32.1. The Morgan fingerprint density at radius 1 is 1.43 bits per heavy atom. The second kappa shape index (κ2) is 6.15. The maximum Gasteiger partial charge on any atom is 0.163 e. The van der Waals surface area contributed by atoms with Crippen LogP contribution in [-0.2, 0) is 0 Å². The van der Waals surface area contributed by atoms with Gasteiger partial charge in [0.15, 0.2) is 5.11 Å². The first-order chi connectivity index (χ1) is 6.79. The summed E-state index contributed by atoms with van der Waals surface area (Å²) in [7, 11) is 0. The minimum absolute atomic E-state index is 0.350. The lowest BCUT2D eigenvalue weighted by molar-refractivity contribution is 0.804. The highest BCUT2D eigenvalue weighted by Crippen LogP contribution is 1.98. The van der Waals surface area contributed by atoms with Gasteiger partial charge in [-0.05, 0) is 30.8 Å². The quantitative estimate of drug-likeness (QED) is 0.493.